The fourth-order valence-corrected chi connectivity index (χ4v) is 10.8. The number of rotatable bonds is 3. The molecule has 0 radical (unpaired) electrons. The van der Waals surface area contributed by atoms with E-state index in [1.54, 1.807) is 0 Å². The summed E-state index contributed by atoms with van der Waals surface area (Å²) in [6, 6.07) is 73.3. The van der Waals surface area contributed by atoms with Crippen LogP contribution in [0.1, 0.15) is 0 Å². The van der Waals surface area contributed by atoms with Crippen molar-refractivity contribution >= 4 is 102 Å². The van der Waals surface area contributed by atoms with Crippen molar-refractivity contribution in [1.29, 1.82) is 0 Å². The highest BCUT2D eigenvalue weighted by Gasteiger charge is 2.28. The minimum atomic E-state index is 0.834. The van der Waals surface area contributed by atoms with E-state index in [2.05, 4.69) is 205 Å². The van der Waals surface area contributed by atoms with Crippen LogP contribution >= 0.6 is 11.3 Å². The predicted octanol–water partition coefficient (Wildman–Crippen LogP) is 16.7. The van der Waals surface area contributed by atoms with E-state index in [1.165, 1.54) is 74.4 Å². The molecule has 59 heavy (non-hydrogen) atoms. The fraction of sp³-hybridized carbons (Fsp3) is 0. The van der Waals surface area contributed by atoms with Crippen LogP contribution < -0.4 is 9.64 Å². The number of nitrogens with zero attached hydrogens (tertiary/aromatic N) is 1. The predicted molar refractivity (Wildman–Crippen MR) is 252 cm³/mol. The third-order valence-electron chi connectivity index (χ3n) is 12.4. The van der Waals surface area contributed by atoms with Gasteiger partial charge in [0.05, 0.1) is 11.4 Å². The molecule has 0 bridgehead atoms. The minimum Gasteiger partial charge on any atom is -0.452 e. The summed E-state index contributed by atoms with van der Waals surface area (Å²) in [4.78, 5) is 2.39. The van der Waals surface area contributed by atoms with E-state index in [0.717, 1.165) is 50.5 Å². The molecule has 0 aliphatic carbocycles. The number of fused-ring (bicyclic) bond motifs is 15. The highest BCUT2D eigenvalue weighted by atomic mass is 32.1. The molecule has 0 atom stereocenters. The molecule has 0 N–H and O–H groups in total. The van der Waals surface area contributed by atoms with Crippen LogP contribution in [-0.4, -0.2) is 0 Å². The molecular formula is C56H33NOS. The Kier molecular flexibility index (Phi) is 6.92. The van der Waals surface area contributed by atoms with E-state index < -0.39 is 0 Å². The Labute approximate surface area is 344 Å². The average molecular weight is 768 g/mol. The summed E-state index contributed by atoms with van der Waals surface area (Å²) < 4.78 is 9.53. The smallest absolute Gasteiger partial charge is 0.159 e. The van der Waals surface area contributed by atoms with Crippen LogP contribution in [0.15, 0.2) is 200 Å². The van der Waals surface area contributed by atoms with Crippen molar-refractivity contribution in [2.45, 2.75) is 0 Å². The van der Waals surface area contributed by atoms with E-state index in [1.807, 2.05) is 11.3 Å². The molecule has 11 aromatic carbocycles. The third kappa shape index (κ3) is 4.92. The van der Waals surface area contributed by atoms with Gasteiger partial charge in [-0.3, -0.25) is 0 Å². The molecule has 0 fully saturated rings. The van der Waals surface area contributed by atoms with Crippen LogP contribution in [0.25, 0.3) is 96.3 Å². The molecule has 13 rings (SSSR count). The Bertz CT molecular complexity index is 3690. The van der Waals surface area contributed by atoms with Gasteiger partial charge in [-0.05, 0) is 119 Å². The average Bonchev–Trinajstić information content (AvgIpc) is 3.69. The van der Waals surface area contributed by atoms with Crippen molar-refractivity contribution < 1.29 is 4.74 Å². The zero-order chi connectivity index (χ0) is 38.6. The van der Waals surface area contributed by atoms with Gasteiger partial charge < -0.3 is 9.64 Å². The first-order valence-electron chi connectivity index (χ1n) is 20.2. The molecule has 3 heteroatoms. The van der Waals surface area contributed by atoms with Gasteiger partial charge >= 0.3 is 0 Å². The third-order valence-corrected chi connectivity index (χ3v) is 13.6. The summed E-state index contributed by atoms with van der Waals surface area (Å²) in [5.74, 6) is 1.71. The van der Waals surface area contributed by atoms with Crippen molar-refractivity contribution in [3.8, 4) is 33.8 Å². The van der Waals surface area contributed by atoms with Crippen LogP contribution in [0, 0.1) is 0 Å². The summed E-state index contributed by atoms with van der Waals surface area (Å²) in [6.07, 6.45) is 0. The van der Waals surface area contributed by atoms with Crippen molar-refractivity contribution in [2.75, 3.05) is 4.90 Å². The normalized spacial score (nSPS) is 12.5. The summed E-state index contributed by atoms with van der Waals surface area (Å²) >= 11 is 1.88. The molecule has 0 unspecified atom stereocenters. The van der Waals surface area contributed by atoms with Crippen LogP contribution in [0.5, 0.6) is 11.5 Å². The standard InChI is InChI=1S/C56H33NOS/c1-3-14-41-34(10-1)22-27-51-55(41)58-53-28-23-39(38-24-29-54-50(32-38)48-26-20-35-11-2-4-15-42(35)56(48)59-54)33-52(53)57(51)40-13-9-12-36(30-40)37-21-25-47-45-18-6-5-16-43(45)44-17-7-8-19-46(44)49(47)31-37/h1-33H. The molecule has 0 amide bonds. The number of hydrogen-bond donors (Lipinski definition) is 0. The first-order valence-corrected chi connectivity index (χ1v) is 21.0. The maximum Gasteiger partial charge on any atom is 0.159 e. The number of hydrogen-bond acceptors (Lipinski definition) is 3. The van der Waals surface area contributed by atoms with Crippen molar-refractivity contribution in [3.63, 3.8) is 0 Å². The highest BCUT2D eigenvalue weighted by Crippen LogP contribution is 2.54. The summed E-state index contributed by atoms with van der Waals surface area (Å²) in [5.41, 5.74) is 7.79. The lowest BCUT2D eigenvalue weighted by Crippen LogP contribution is -2.16. The second-order valence-electron chi connectivity index (χ2n) is 15.6. The first kappa shape index (κ1) is 32.6. The molecular weight excluding hydrogens is 735 g/mol. The van der Waals surface area contributed by atoms with Crippen molar-refractivity contribution in [2.24, 2.45) is 0 Å². The molecule has 0 saturated heterocycles. The quantitative estimate of drug-likeness (QED) is 0.166. The molecule has 0 saturated carbocycles. The van der Waals surface area contributed by atoms with Gasteiger partial charge in [0.25, 0.3) is 0 Å². The maximum absolute atomic E-state index is 6.89. The second-order valence-corrected chi connectivity index (χ2v) is 16.7. The Hall–Kier alpha value is -7.46. The zero-order valence-electron chi connectivity index (χ0n) is 31.8. The highest BCUT2D eigenvalue weighted by molar-refractivity contribution is 7.26. The first-order chi connectivity index (χ1) is 29.2. The Morgan fingerprint density at radius 2 is 0.898 bits per heavy atom. The topological polar surface area (TPSA) is 12.5 Å². The van der Waals surface area contributed by atoms with E-state index in [-0.39, 0.29) is 0 Å². The van der Waals surface area contributed by atoms with Gasteiger partial charge in [-0.25, -0.2) is 0 Å². The van der Waals surface area contributed by atoms with Gasteiger partial charge in [0, 0.05) is 31.2 Å². The molecule has 2 nitrogen and oxygen atoms in total. The second kappa shape index (κ2) is 12.5. The maximum atomic E-state index is 6.89. The van der Waals surface area contributed by atoms with Gasteiger partial charge in [-0.2, -0.15) is 0 Å². The number of anilines is 3. The van der Waals surface area contributed by atoms with Gasteiger partial charge in [-0.1, -0.05) is 152 Å². The summed E-state index contributed by atoms with van der Waals surface area (Å²) in [5, 5.41) is 15.1. The number of thiophene rings is 1. The Morgan fingerprint density at radius 1 is 0.339 bits per heavy atom. The Balaban J connectivity index is 0.982. The van der Waals surface area contributed by atoms with Crippen LogP contribution in [0.3, 0.4) is 0 Å². The largest absolute Gasteiger partial charge is 0.452 e. The van der Waals surface area contributed by atoms with Gasteiger partial charge in [-0.15, -0.1) is 11.3 Å². The van der Waals surface area contributed by atoms with E-state index in [0.29, 0.717) is 0 Å². The molecule has 1 aliphatic rings. The van der Waals surface area contributed by atoms with Crippen LogP contribution in [-0.2, 0) is 0 Å². The number of ether oxygens (including phenoxy) is 1. The molecule has 1 aromatic heterocycles. The van der Waals surface area contributed by atoms with Gasteiger partial charge in [0.15, 0.2) is 11.5 Å². The molecule has 12 aromatic rings. The van der Waals surface area contributed by atoms with Gasteiger partial charge in [0.1, 0.15) is 0 Å². The lowest BCUT2D eigenvalue weighted by atomic mass is 9.92. The van der Waals surface area contributed by atoms with Gasteiger partial charge in [0.2, 0.25) is 0 Å². The molecule has 1 aliphatic heterocycles. The van der Waals surface area contributed by atoms with E-state index in [4.69, 9.17) is 4.74 Å². The molecule has 2 heterocycles. The SMILES string of the molecule is c1cc(-c2ccc3c4ccccc4c4ccccc4c3c2)cc(N2c3cc(-c4ccc5sc6c7ccccc7ccc6c5c4)ccc3Oc3c2ccc2ccccc32)c1. The summed E-state index contributed by atoms with van der Waals surface area (Å²) in [6.45, 7) is 0. The minimum absolute atomic E-state index is 0.834. The molecule has 0 spiro atoms. The number of benzene rings is 11. The van der Waals surface area contributed by atoms with E-state index in [9.17, 15) is 0 Å². The summed E-state index contributed by atoms with van der Waals surface area (Å²) in [7, 11) is 0. The lowest BCUT2D eigenvalue weighted by Gasteiger charge is -2.34. The Morgan fingerprint density at radius 3 is 1.68 bits per heavy atom. The lowest BCUT2D eigenvalue weighted by molar-refractivity contribution is 0.482. The van der Waals surface area contributed by atoms with Crippen molar-refractivity contribution in [3.05, 3.63) is 200 Å². The van der Waals surface area contributed by atoms with Crippen molar-refractivity contribution in [1.82, 2.24) is 0 Å². The van der Waals surface area contributed by atoms with E-state index >= 15 is 0 Å². The zero-order valence-corrected chi connectivity index (χ0v) is 32.6. The van der Waals surface area contributed by atoms with Crippen LogP contribution in [0.2, 0.25) is 0 Å². The molecule has 274 valence electrons. The van der Waals surface area contributed by atoms with Crippen LogP contribution in [0.4, 0.5) is 17.1 Å². The fourth-order valence-electron chi connectivity index (χ4n) is 9.59. The monoisotopic (exact) mass is 767 g/mol.